The average Bonchev–Trinajstić information content (AvgIpc) is 2.87. The molecule has 0 unspecified atom stereocenters. The molecule has 0 atom stereocenters. The van der Waals surface area contributed by atoms with Crippen molar-refractivity contribution < 1.29 is 0 Å². The minimum absolute atomic E-state index is 0. The molecule has 1 aromatic rings. The maximum atomic E-state index is 4.44. The third kappa shape index (κ3) is 3.49. The summed E-state index contributed by atoms with van der Waals surface area (Å²) >= 11 is 0. The molecule has 1 aliphatic carbocycles. The number of aliphatic imine (C=N–C) groups is 1. The Balaban J connectivity index is 0.00000161. The Morgan fingerprint density at radius 2 is 2.24 bits per heavy atom. The first-order valence-electron chi connectivity index (χ1n) is 7.59. The third-order valence-corrected chi connectivity index (χ3v) is 4.90. The maximum Gasteiger partial charge on any atom is 0.193 e. The van der Waals surface area contributed by atoms with Gasteiger partial charge in [-0.2, -0.15) is 0 Å². The van der Waals surface area contributed by atoms with Crippen molar-refractivity contribution in [3.05, 3.63) is 29.6 Å². The van der Waals surface area contributed by atoms with Crippen molar-refractivity contribution in [3.63, 3.8) is 0 Å². The molecule has 2 aliphatic rings. The molecule has 5 heteroatoms. The van der Waals surface area contributed by atoms with E-state index in [2.05, 4.69) is 33.2 Å². The molecule has 1 aromatic heterocycles. The smallest absolute Gasteiger partial charge is 0.193 e. The van der Waals surface area contributed by atoms with Crippen LogP contribution in [-0.2, 0) is 6.54 Å². The zero-order chi connectivity index (χ0) is 14.0. The summed E-state index contributed by atoms with van der Waals surface area (Å²) in [5.74, 6) is 1.03. The van der Waals surface area contributed by atoms with Crippen LogP contribution in [0.5, 0.6) is 0 Å². The summed E-state index contributed by atoms with van der Waals surface area (Å²) in [5, 5.41) is 3.47. The average molecular weight is 400 g/mol. The Morgan fingerprint density at radius 3 is 2.81 bits per heavy atom. The maximum absolute atomic E-state index is 4.44. The van der Waals surface area contributed by atoms with Crippen molar-refractivity contribution >= 4 is 29.9 Å². The van der Waals surface area contributed by atoms with Crippen LogP contribution >= 0.6 is 24.0 Å². The zero-order valence-corrected chi connectivity index (χ0v) is 15.3. The van der Waals surface area contributed by atoms with Crippen LogP contribution < -0.4 is 5.32 Å². The van der Waals surface area contributed by atoms with Gasteiger partial charge in [0.2, 0.25) is 0 Å². The number of hydrogen-bond acceptors (Lipinski definition) is 2. The highest BCUT2D eigenvalue weighted by molar-refractivity contribution is 14.0. The minimum Gasteiger partial charge on any atom is -0.351 e. The summed E-state index contributed by atoms with van der Waals surface area (Å²) in [7, 11) is 1.87. The fourth-order valence-corrected chi connectivity index (χ4v) is 3.40. The minimum atomic E-state index is 0. The Hall–Kier alpha value is -0.850. The number of pyridine rings is 1. The highest BCUT2D eigenvalue weighted by Crippen LogP contribution is 2.47. The largest absolute Gasteiger partial charge is 0.351 e. The van der Waals surface area contributed by atoms with E-state index in [1.54, 1.807) is 0 Å². The molecule has 1 spiro atoms. The van der Waals surface area contributed by atoms with E-state index in [9.17, 15) is 0 Å². The van der Waals surface area contributed by atoms with Crippen LogP contribution in [0.4, 0.5) is 0 Å². The van der Waals surface area contributed by atoms with Crippen LogP contribution in [0, 0.1) is 12.3 Å². The zero-order valence-electron chi connectivity index (χ0n) is 12.9. The van der Waals surface area contributed by atoms with Crippen molar-refractivity contribution in [3.8, 4) is 0 Å². The summed E-state index contributed by atoms with van der Waals surface area (Å²) < 4.78 is 0. The van der Waals surface area contributed by atoms with Gasteiger partial charge in [-0.1, -0.05) is 12.5 Å². The summed E-state index contributed by atoms with van der Waals surface area (Å²) in [6.07, 6.45) is 7.40. The molecule has 2 fully saturated rings. The molecule has 4 nitrogen and oxygen atoms in total. The van der Waals surface area contributed by atoms with E-state index in [0.29, 0.717) is 5.41 Å². The Bertz CT molecular complexity index is 511. The lowest BCUT2D eigenvalue weighted by molar-refractivity contribution is 0.151. The lowest BCUT2D eigenvalue weighted by atomic mass is 9.68. The van der Waals surface area contributed by atoms with Crippen molar-refractivity contribution in [1.82, 2.24) is 15.2 Å². The Kier molecular flexibility index (Phi) is 5.46. The van der Waals surface area contributed by atoms with Gasteiger partial charge in [0.25, 0.3) is 0 Å². The monoisotopic (exact) mass is 400 g/mol. The first-order valence-corrected chi connectivity index (χ1v) is 7.59. The van der Waals surface area contributed by atoms with E-state index in [-0.39, 0.29) is 24.0 Å². The molecular formula is C16H25IN4. The fourth-order valence-electron chi connectivity index (χ4n) is 3.40. The van der Waals surface area contributed by atoms with Gasteiger partial charge in [-0.15, -0.1) is 24.0 Å². The standard InChI is InChI=1S/C16H24N4.HI/c1-13-5-3-9-18-14(13)11-19-15(17-2)20-10-8-16(12-20)6-4-7-16;/h3,5,9H,4,6-8,10-12H2,1-2H3,(H,17,19);1H. The molecular weight excluding hydrogens is 375 g/mol. The molecule has 0 aromatic carbocycles. The molecule has 1 saturated carbocycles. The second-order valence-electron chi connectivity index (χ2n) is 6.19. The predicted octanol–water partition coefficient (Wildman–Crippen LogP) is 2.96. The second-order valence-corrected chi connectivity index (χ2v) is 6.19. The second kappa shape index (κ2) is 6.94. The highest BCUT2D eigenvalue weighted by atomic mass is 127. The number of aromatic nitrogens is 1. The van der Waals surface area contributed by atoms with Gasteiger partial charge in [0.1, 0.15) is 0 Å². The van der Waals surface area contributed by atoms with Gasteiger partial charge >= 0.3 is 0 Å². The number of likely N-dealkylation sites (tertiary alicyclic amines) is 1. The lowest BCUT2D eigenvalue weighted by Gasteiger charge is -2.38. The molecule has 1 aliphatic heterocycles. The van der Waals surface area contributed by atoms with Crippen molar-refractivity contribution in [2.75, 3.05) is 20.1 Å². The Labute approximate surface area is 144 Å². The molecule has 0 amide bonds. The Morgan fingerprint density at radius 1 is 1.43 bits per heavy atom. The summed E-state index contributed by atoms with van der Waals surface area (Å²) in [6.45, 7) is 5.17. The number of halogens is 1. The molecule has 1 N–H and O–H groups in total. The number of nitrogens with one attached hydrogen (secondary N) is 1. The van der Waals surface area contributed by atoms with Crippen molar-refractivity contribution in [2.24, 2.45) is 10.4 Å². The molecule has 116 valence electrons. The predicted molar refractivity (Wildman–Crippen MR) is 97.1 cm³/mol. The van der Waals surface area contributed by atoms with E-state index in [1.165, 1.54) is 37.8 Å². The first kappa shape index (κ1) is 16.5. The number of aryl methyl sites for hydroxylation is 1. The van der Waals surface area contributed by atoms with Crippen molar-refractivity contribution in [2.45, 2.75) is 39.2 Å². The molecule has 0 radical (unpaired) electrons. The van der Waals surface area contributed by atoms with Crippen molar-refractivity contribution in [1.29, 1.82) is 0 Å². The van der Waals surface area contributed by atoms with E-state index < -0.39 is 0 Å². The normalized spacial score (nSPS) is 20.1. The molecule has 21 heavy (non-hydrogen) atoms. The molecule has 2 heterocycles. The summed E-state index contributed by atoms with van der Waals surface area (Å²) in [5.41, 5.74) is 2.94. The topological polar surface area (TPSA) is 40.5 Å². The van der Waals surface area contributed by atoms with Gasteiger partial charge in [0, 0.05) is 26.3 Å². The number of rotatable bonds is 2. The summed E-state index contributed by atoms with van der Waals surface area (Å²) in [4.78, 5) is 11.3. The van der Waals surface area contributed by atoms with Crippen LogP contribution in [0.2, 0.25) is 0 Å². The van der Waals surface area contributed by atoms with Gasteiger partial charge in [-0.05, 0) is 43.2 Å². The van der Waals surface area contributed by atoms with E-state index >= 15 is 0 Å². The van der Waals surface area contributed by atoms with Crippen LogP contribution in [0.1, 0.15) is 36.9 Å². The molecule has 0 bridgehead atoms. The van der Waals surface area contributed by atoms with Crippen LogP contribution in [-0.4, -0.2) is 36.0 Å². The quantitative estimate of drug-likeness (QED) is 0.472. The van der Waals surface area contributed by atoms with Crippen LogP contribution in [0.15, 0.2) is 23.3 Å². The first-order chi connectivity index (χ1) is 9.72. The molecule has 3 rings (SSSR count). The van der Waals surface area contributed by atoms with Gasteiger partial charge in [0.05, 0.1) is 12.2 Å². The van der Waals surface area contributed by atoms with E-state index in [1.807, 2.05) is 19.3 Å². The van der Waals surface area contributed by atoms with Gasteiger partial charge in [0.15, 0.2) is 5.96 Å². The number of nitrogens with zero attached hydrogens (tertiary/aromatic N) is 3. The highest BCUT2D eigenvalue weighted by Gasteiger charge is 2.43. The van der Waals surface area contributed by atoms with Crippen LogP contribution in [0.25, 0.3) is 0 Å². The molecule has 1 saturated heterocycles. The van der Waals surface area contributed by atoms with Gasteiger partial charge in [-0.3, -0.25) is 9.98 Å². The summed E-state index contributed by atoms with van der Waals surface area (Å²) in [6, 6.07) is 4.08. The third-order valence-electron chi connectivity index (χ3n) is 4.90. The van der Waals surface area contributed by atoms with E-state index in [0.717, 1.165) is 24.7 Å². The number of guanidine groups is 1. The van der Waals surface area contributed by atoms with Gasteiger partial charge < -0.3 is 10.2 Å². The van der Waals surface area contributed by atoms with Gasteiger partial charge in [-0.25, -0.2) is 0 Å². The van der Waals surface area contributed by atoms with E-state index in [4.69, 9.17) is 0 Å². The fraction of sp³-hybridized carbons (Fsp3) is 0.625. The number of hydrogen-bond donors (Lipinski definition) is 1. The SMILES string of the molecule is CN=C(NCc1ncccc1C)N1CCC2(CCC2)C1.I. The van der Waals surface area contributed by atoms with Crippen LogP contribution in [0.3, 0.4) is 0 Å². The lowest BCUT2D eigenvalue weighted by Crippen LogP contribution is -2.42.